The molecule has 0 bridgehead atoms. The Morgan fingerprint density at radius 1 is 1.29 bits per heavy atom. The van der Waals surface area contributed by atoms with E-state index in [2.05, 4.69) is 22.2 Å². The molecule has 0 unspecified atom stereocenters. The SMILES string of the molecule is CCCCCNC(=O)CCc1nc2ccccc2[nH]c1=O. The van der Waals surface area contributed by atoms with E-state index in [1.807, 2.05) is 24.3 Å². The predicted octanol–water partition coefficient (Wildman–Crippen LogP) is 2.16. The van der Waals surface area contributed by atoms with Crippen molar-refractivity contribution in [3.8, 4) is 0 Å². The highest BCUT2D eigenvalue weighted by Gasteiger charge is 2.07. The van der Waals surface area contributed by atoms with Crippen LogP contribution in [0.3, 0.4) is 0 Å². The second kappa shape index (κ2) is 7.57. The number of hydrogen-bond acceptors (Lipinski definition) is 3. The lowest BCUT2D eigenvalue weighted by atomic mass is 10.2. The van der Waals surface area contributed by atoms with Crippen LogP contribution in [0.5, 0.6) is 0 Å². The Labute approximate surface area is 123 Å². The average molecular weight is 287 g/mol. The monoisotopic (exact) mass is 287 g/mol. The molecule has 0 saturated carbocycles. The third-order valence-electron chi connectivity index (χ3n) is 3.36. The minimum atomic E-state index is -0.215. The Morgan fingerprint density at radius 2 is 2.10 bits per heavy atom. The molecule has 0 spiro atoms. The van der Waals surface area contributed by atoms with Gasteiger partial charge in [0, 0.05) is 19.4 Å². The van der Waals surface area contributed by atoms with E-state index in [4.69, 9.17) is 0 Å². The van der Waals surface area contributed by atoms with Crippen molar-refractivity contribution in [2.24, 2.45) is 0 Å². The zero-order chi connectivity index (χ0) is 15.1. The summed E-state index contributed by atoms with van der Waals surface area (Å²) in [5.41, 5.74) is 1.66. The number of carbonyl (C=O) groups excluding carboxylic acids is 1. The number of hydrogen-bond donors (Lipinski definition) is 2. The smallest absolute Gasteiger partial charge is 0.270 e. The lowest BCUT2D eigenvalue weighted by Gasteiger charge is -2.05. The van der Waals surface area contributed by atoms with Gasteiger partial charge in [0.25, 0.3) is 5.56 Å². The maximum Gasteiger partial charge on any atom is 0.270 e. The maximum absolute atomic E-state index is 11.9. The Morgan fingerprint density at radius 3 is 2.90 bits per heavy atom. The molecule has 1 aromatic carbocycles. The molecule has 2 aromatic rings. The molecule has 5 nitrogen and oxygen atoms in total. The van der Waals surface area contributed by atoms with Crippen LogP contribution in [0.1, 0.15) is 38.3 Å². The summed E-state index contributed by atoms with van der Waals surface area (Å²) < 4.78 is 0. The quantitative estimate of drug-likeness (QED) is 0.766. The molecule has 0 fully saturated rings. The van der Waals surface area contributed by atoms with Crippen LogP contribution in [0.2, 0.25) is 0 Å². The van der Waals surface area contributed by atoms with Gasteiger partial charge in [-0.1, -0.05) is 31.9 Å². The summed E-state index contributed by atoms with van der Waals surface area (Å²) in [6.07, 6.45) is 3.90. The van der Waals surface area contributed by atoms with Gasteiger partial charge in [-0.25, -0.2) is 4.98 Å². The number of nitrogens with one attached hydrogen (secondary N) is 2. The largest absolute Gasteiger partial charge is 0.356 e. The topological polar surface area (TPSA) is 74.8 Å². The van der Waals surface area contributed by atoms with Gasteiger partial charge in [0.2, 0.25) is 5.91 Å². The van der Waals surface area contributed by atoms with Crippen LogP contribution in [0.4, 0.5) is 0 Å². The second-order valence-corrected chi connectivity index (χ2v) is 5.09. The summed E-state index contributed by atoms with van der Waals surface area (Å²) in [5, 5.41) is 2.87. The van der Waals surface area contributed by atoms with Gasteiger partial charge in [-0.05, 0) is 18.6 Å². The van der Waals surface area contributed by atoms with Crippen molar-refractivity contribution in [1.82, 2.24) is 15.3 Å². The molecule has 0 aliphatic heterocycles. The number of aryl methyl sites for hydroxylation is 1. The molecule has 0 aliphatic carbocycles. The molecule has 0 atom stereocenters. The number of amides is 1. The predicted molar refractivity (Wildman–Crippen MR) is 83.2 cm³/mol. The number of aromatic amines is 1. The van der Waals surface area contributed by atoms with Crippen molar-refractivity contribution < 1.29 is 4.79 Å². The fourth-order valence-corrected chi connectivity index (χ4v) is 2.16. The normalized spacial score (nSPS) is 10.7. The molecular formula is C16H21N3O2. The van der Waals surface area contributed by atoms with Crippen LogP contribution >= 0.6 is 0 Å². The van der Waals surface area contributed by atoms with Crippen molar-refractivity contribution in [3.05, 3.63) is 40.3 Å². The van der Waals surface area contributed by atoms with Crippen molar-refractivity contribution in [2.75, 3.05) is 6.54 Å². The van der Waals surface area contributed by atoms with E-state index in [-0.39, 0.29) is 11.5 Å². The standard InChI is InChI=1S/C16H21N3O2/c1-2-3-6-11-17-15(20)10-9-14-16(21)19-13-8-5-4-7-12(13)18-14/h4-5,7-8H,2-3,6,9-11H2,1H3,(H,17,20)(H,19,21). The number of H-pyrrole nitrogens is 1. The summed E-state index contributed by atoms with van der Waals surface area (Å²) in [6.45, 7) is 2.83. The Bertz CT molecular complexity index is 664. The zero-order valence-corrected chi connectivity index (χ0v) is 12.3. The van der Waals surface area contributed by atoms with Crippen molar-refractivity contribution in [2.45, 2.75) is 39.0 Å². The number of rotatable bonds is 7. The Balaban J connectivity index is 1.92. The van der Waals surface area contributed by atoms with Crippen molar-refractivity contribution >= 4 is 16.9 Å². The lowest BCUT2D eigenvalue weighted by Crippen LogP contribution is -2.26. The van der Waals surface area contributed by atoms with Gasteiger partial charge in [-0.15, -0.1) is 0 Å². The van der Waals surface area contributed by atoms with Gasteiger partial charge in [0.05, 0.1) is 11.0 Å². The third-order valence-corrected chi connectivity index (χ3v) is 3.36. The highest BCUT2D eigenvalue weighted by molar-refractivity contribution is 5.76. The van der Waals surface area contributed by atoms with E-state index in [9.17, 15) is 9.59 Å². The van der Waals surface area contributed by atoms with Gasteiger partial charge < -0.3 is 10.3 Å². The molecule has 5 heteroatoms. The number of carbonyl (C=O) groups is 1. The molecule has 0 saturated heterocycles. The van der Waals surface area contributed by atoms with Gasteiger partial charge in [-0.3, -0.25) is 9.59 Å². The lowest BCUT2D eigenvalue weighted by molar-refractivity contribution is -0.121. The van der Waals surface area contributed by atoms with Crippen LogP contribution in [-0.2, 0) is 11.2 Å². The van der Waals surface area contributed by atoms with E-state index in [0.717, 1.165) is 30.3 Å². The van der Waals surface area contributed by atoms with Gasteiger partial charge in [0.1, 0.15) is 5.69 Å². The maximum atomic E-state index is 11.9. The number of unbranched alkanes of at least 4 members (excludes halogenated alkanes) is 2. The third kappa shape index (κ3) is 4.41. The van der Waals surface area contributed by atoms with E-state index in [1.165, 1.54) is 0 Å². The molecule has 0 aliphatic rings. The highest BCUT2D eigenvalue weighted by Crippen LogP contribution is 2.06. The van der Waals surface area contributed by atoms with Gasteiger partial charge in [-0.2, -0.15) is 0 Å². The van der Waals surface area contributed by atoms with E-state index < -0.39 is 0 Å². The van der Waals surface area contributed by atoms with Gasteiger partial charge >= 0.3 is 0 Å². The molecule has 21 heavy (non-hydrogen) atoms. The van der Waals surface area contributed by atoms with Gasteiger partial charge in [0.15, 0.2) is 0 Å². The number of benzene rings is 1. The van der Waals surface area contributed by atoms with E-state index in [1.54, 1.807) is 0 Å². The molecule has 1 heterocycles. The number of para-hydroxylation sites is 2. The highest BCUT2D eigenvalue weighted by atomic mass is 16.1. The molecule has 112 valence electrons. The molecule has 2 N–H and O–H groups in total. The molecule has 1 amide bonds. The summed E-state index contributed by atoms with van der Waals surface area (Å²) in [4.78, 5) is 30.7. The molecular weight excluding hydrogens is 266 g/mol. The van der Waals surface area contributed by atoms with Crippen LogP contribution in [-0.4, -0.2) is 22.4 Å². The van der Waals surface area contributed by atoms with Crippen LogP contribution in [0.15, 0.2) is 29.1 Å². The minimum Gasteiger partial charge on any atom is -0.356 e. The summed E-state index contributed by atoms with van der Waals surface area (Å²) in [5.74, 6) is -0.0274. The summed E-state index contributed by atoms with van der Waals surface area (Å²) >= 11 is 0. The minimum absolute atomic E-state index is 0.0274. The van der Waals surface area contributed by atoms with Crippen LogP contribution in [0, 0.1) is 0 Å². The number of aromatic nitrogens is 2. The Hall–Kier alpha value is -2.17. The first kappa shape index (κ1) is 15.2. The van der Waals surface area contributed by atoms with Crippen molar-refractivity contribution in [3.63, 3.8) is 0 Å². The number of nitrogens with zero attached hydrogens (tertiary/aromatic N) is 1. The molecule has 1 aromatic heterocycles. The zero-order valence-electron chi connectivity index (χ0n) is 12.3. The fraction of sp³-hybridized carbons (Fsp3) is 0.438. The first-order chi connectivity index (χ1) is 10.2. The fourth-order valence-electron chi connectivity index (χ4n) is 2.16. The number of fused-ring (bicyclic) bond motifs is 1. The summed E-state index contributed by atoms with van der Waals surface area (Å²) in [6, 6.07) is 7.38. The first-order valence-corrected chi connectivity index (χ1v) is 7.45. The van der Waals surface area contributed by atoms with Crippen molar-refractivity contribution in [1.29, 1.82) is 0 Å². The Kier molecular flexibility index (Phi) is 5.49. The molecule has 0 radical (unpaired) electrons. The summed E-state index contributed by atoms with van der Waals surface area (Å²) in [7, 11) is 0. The van der Waals surface area contributed by atoms with Crippen LogP contribution < -0.4 is 10.9 Å². The van der Waals surface area contributed by atoms with E-state index >= 15 is 0 Å². The molecule has 2 rings (SSSR count). The first-order valence-electron chi connectivity index (χ1n) is 7.45. The average Bonchev–Trinajstić information content (AvgIpc) is 2.49. The van der Waals surface area contributed by atoms with E-state index in [0.29, 0.717) is 25.1 Å². The second-order valence-electron chi connectivity index (χ2n) is 5.09. The van der Waals surface area contributed by atoms with Crippen LogP contribution in [0.25, 0.3) is 11.0 Å².